The van der Waals surface area contributed by atoms with Crippen LogP contribution in [-0.2, 0) is 11.3 Å². The fourth-order valence-corrected chi connectivity index (χ4v) is 2.72. The summed E-state index contributed by atoms with van der Waals surface area (Å²) in [5.74, 6) is -0.850. The van der Waals surface area contributed by atoms with E-state index in [9.17, 15) is 9.59 Å². The van der Waals surface area contributed by atoms with Crippen LogP contribution in [0.1, 0.15) is 31.2 Å². The average molecular weight is 291 g/mol. The summed E-state index contributed by atoms with van der Waals surface area (Å²) in [5, 5.41) is 8.98. The van der Waals surface area contributed by atoms with Crippen molar-refractivity contribution in [1.82, 2.24) is 14.8 Å². The van der Waals surface area contributed by atoms with Crippen molar-refractivity contribution in [1.29, 1.82) is 0 Å². The van der Waals surface area contributed by atoms with Crippen LogP contribution in [0.3, 0.4) is 0 Å². The predicted molar refractivity (Wildman–Crippen MR) is 77.7 cm³/mol. The van der Waals surface area contributed by atoms with E-state index < -0.39 is 5.97 Å². The highest BCUT2D eigenvalue weighted by molar-refractivity contribution is 5.76. The molecule has 2 amide bonds. The Morgan fingerprint density at radius 1 is 1.38 bits per heavy atom. The number of hydrogen-bond acceptors (Lipinski definition) is 3. The Hall–Kier alpha value is -2.11. The topological polar surface area (TPSA) is 73.7 Å². The Morgan fingerprint density at radius 3 is 2.76 bits per heavy atom. The van der Waals surface area contributed by atoms with Crippen molar-refractivity contribution < 1.29 is 14.7 Å². The standard InChI is InChI=1S/C15H21N3O3/c1-17(11-12-5-7-16-8-6-12)15(21)18-9-3-2-4-13(18)10-14(19)20/h5-8,13H,2-4,9-11H2,1H3,(H,19,20). The summed E-state index contributed by atoms with van der Waals surface area (Å²) in [5.41, 5.74) is 1.01. The molecule has 1 N–H and O–H groups in total. The summed E-state index contributed by atoms with van der Waals surface area (Å²) >= 11 is 0. The molecule has 0 aliphatic carbocycles. The first-order valence-electron chi connectivity index (χ1n) is 7.20. The Kier molecular flexibility index (Phi) is 5.14. The number of urea groups is 1. The number of rotatable bonds is 4. The largest absolute Gasteiger partial charge is 0.481 e. The molecule has 6 heteroatoms. The Labute approximate surface area is 124 Å². The molecule has 1 saturated heterocycles. The van der Waals surface area contributed by atoms with Gasteiger partial charge < -0.3 is 14.9 Å². The third kappa shape index (κ3) is 4.18. The molecule has 21 heavy (non-hydrogen) atoms. The number of amides is 2. The number of carbonyl (C=O) groups excluding carboxylic acids is 1. The third-order valence-electron chi connectivity index (χ3n) is 3.78. The number of carbonyl (C=O) groups is 2. The maximum absolute atomic E-state index is 12.5. The van der Waals surface area contributed by atoms with Gasteiger partial charge in [0.15, 0.2) is 0 Å². The molecule has 0 aromatic carbocycles. The second-order valence-electron chi connectivity index (χ2n) is 5.43. The molecule has 114 valence electrons. The molecule has 0 radical (unpaired) electrons. The fourth-order valence-electron chi connectivity index (χ4n) is 2.72. The minimum absolute atomic E-state index is 0.0227. The van der Waals surface area contributed by atoms with Gasteiger partial charge in [0.25, 0.3) is 0 Å². The number of aromatic nitrogens is 1. The molecule has 2 rings (SSSR count). The first-order valence-corrected chi connectivity index (χ1v) is 7.20. The lowest BCUT2D eigenvalue weighted by atomic mass is 10.00. The summed E-state index contributed by atoms with van der Waals surface area (Å²) < 4.78 is 0. The number of nitrogens with zero attached hydrogens (tertiary/aromatic N) is 3. The molecule has 1 atom stereocenters. The summed E-state index contributed by atoms with van der Waals surface area (Å²) in [6.45, 7) is 1.13. The highest BCUT2D eigenvalue weighted by Gasteiger charge is 2.30. The molecule has 0 spiro atoms. The highest BCUT2D eigenvalue weighted by atomic mass is 16.4. The zero-order chi connectivity index (χ0) is 15.2. The van der Waals surface area contributed by atoms with Crippen molar-refractivity contribution in [3.8, 4) is 0 Å². The normalized spacial score (nSPS) is 18.3. The van der Waals surface area contributed by atoms with E-state index in [-0.39, 0.29) is 18.5 Å². The second-order valence-corrected chi connectivity index (χ2v) is 5.43. The van der Waals surface area contributed by atoms with Gasteiger partial charge in [-0.2, -0.15) is 0 Å². The van der Waals surface area contributed by atoms with Crippen LogP contribution < -0.4 is 0 Å². The van der Waals surface area contributed by atoms with Gasteiger partial charge >= 0.3 is 12.0 Å². The number of hydrogen-bond donors (Lipinski definition) is 1. The molecule has 1 aromatic heterocycles. The lowest BCUT2D eigenvalue weighted by Gasteiger charge is -2.37. The number of carboxylic acids is 1. The van der Waals surface area contributed by atoms with Crippen LogP contribution in [0, 0.1) is 0 Å². The molecule has 0 bridgehead atoms. The van der Waals surface area contributed by atoms with E-state index in [1.54, 1.807) is 29.2 Å². The zero-order valence-electron chi connectivity index (χ0n) is 12.2. The molecule has 1 aromatic rings. The van der Waals surface area contributed by atoms with E-state index >= 15 is 0 Å². The maximum atomic E-state index is 12.5. The summed E-state index contributed by atoms with van der Waals surface area (Å²) in [4.78, 5) is 30.8. The molecule has 1 unspecified atom stereocenters. The van der Waals surface area contributed by atoms with Crippen molar-refractivity contribution >= 4 is 12.0 Å². The molecular formula is C15H21N3O3. The van der Waals surface area contributed by atoms with Gasteiger partial charge in [-0.3, -0.25) is 9.78 Å². The van der Waals surface area contributed by atoms with Gasteiger partial charge in [-0.15, -0.1) is 0 Å². The van der Waals surface area contributed by atoms with E-state index in [1.807, 2.05) is 12.1 Å². The van der Waals surface area contributed by atoms with Crippen LogP contribution in [0.4, 0.5) is 4.79 Å². The van der Waals surface area contributed by atoms with Crippen molar-refractivity contribution in [3.63, 3.8) is 0 Å². The fraction of sp³-hybridized carbons (Fsp3) is 0.533. The van der Waals surface area contributed by atoms with Crippen LogP contribution in [0.5, 0.6) is 0 Å². The summed E-state index contributed by atoms with van der Waals surface area (Å²) in [6.07, 6.45) is 6.10. The average Bonchev–Trinajstić information content (AvgIpc) is 2.47. The van der Waals surface area contributed by atoms with E-state index in [0.29, 0.717) is 13.1 Å². The van der Waals surface area contributed by atoms with Gasteiger partial charge in [0.05, 0.1) is 6.42 Å². The lowest BCUT2D eigenvalue weighted by molar-refractivity contribution is -0.138. The minimum Gasteiger partial charge on any atom is -0.481 e. The number of pyridine rings is 1. The first kappa shape index (κ1) is 15.3. The van der Waals surface area contributed by atoms with Crippen LogP contribution in [0.15, 0.2) is 24.5 Å². The van der Waals surface area contributed by atoms with Gasteiger partial charge in [-0.05, 0) is 37.0 Å². The van der Waals surface area contributed by atoms with Crippen LogP contribution in [0.25, 0.3) is 0 Å². The van der Waals surface area contributed by atoms with Gasteiger partial charge in [0.1, 0.15) is 0 Å². The van der Waals surface area contributed by atoms with Crippen LogP contribution in [0.2, 0.25) is 0 Å². The predicted octanol–water partition coefficient (Wildman–Crippen LogP) is 1.96. The van der Waals surface area contributed by atoms with Crippen LogP contribution in [-0.4, -0.2) is 51.5 Å². The van der Waals surface area contributed by atoms with E-state index in [2.05, 4.69) is 4.98 Å². The molecule has 6 nitrogen and oxygen atoms in total. The van der Waals surface area contributed by atoms with E-state index in [1.165, 1.54) is 0 Å². The quantitative estimate of drug-likeness (QED) is 0.920. The lowest BCUT2D eigenvalue weighted by Crippen LogP contribution is -2.49. The first-order chi connectivity index (χ1) is 10.1. The molecule has 1 fully saturated rings. The summed E-state index contributed by atoms with van der Waals surface area (Å²) in [6, 6.07) is 3.45. The van der Waals surface area contributed by atoms with Gasteiger partial charge in [0.2, 0.25) is 0 Å². The SMILES string of the molecule is CN(Cc1ccncc1)C(=O)N1CCCCC1CC(=O)O. The number of carboxylic acid groups (broad SMARTS) is 1. The Bertz CT molecular complexity index is 492. The van der Waals surface area contributed by atoms with E-state index in [4.69, 9.17) is 5.11 Å². The monoisotopic (exact) mass is 291 g/mol. The van der Waals surface area contributed by atoms with Gasteiger partial charge in [0, 0.05) is 38.6 Å². The summed E-state index contributed by atoms with van der Waals surface area (Å²) in [7, 11) is 1.75. The molecule has 0 saturated carbocycles. The van der Waals surface area contributed by atoms with Crippen molar-refractivity contribution in [2.75, 3.05) is 13.6 Å². The zero-order valence-corrected chi connectivity index (χ0v) is 12.2. The van der Waals surface area contributed by atoms with Gasteiger partial charge in [-0.1, -0.05) is 0 Å². The second kappa shape index (κ2) is 7.06. The van der Waals surface area contributed by atoms with Gasteiger partial charge in [-0.25, -0.2) is 4.79 Å². The van der Waals surface area contributed by atoms with Crippen molar-refractivity contribution in [2.24, 2.45) is 0 Å². The number of piperidine rings is 1. The Morgan fingerprint density at radius 2 is 2.10 bits per heavy atom. The molecule has 2 heterocycles. The third-order valence-corrected chi connectivity index (χ3v) is 3.78. The smallest absolute Gasteiger partial charge is 0.320 e. The molecule has 1 aliphatic rings. The van der Waals surface area contributed by atoms with E-state index in [0.717, 1.165) is 24.8 Å². The van der Waals surface area contributed by atoms with Crippen LogP contribution >= 0.6 is 0 Å². The minimum atomic E-state index is -0.850. The molecule has 1 aliphatic heterocycles. The number of likely N-dealkylation sites (tertiary alicyclic amines) is 1. The molecular weight excluding hydrogens is 270 g/mol. The highest BCUT2D eigenvalue weighted by Crippen LogP contribution is 2.21. The number of aliphatic carboxylic acids is 1. The van der Waals surface area contributed by atoms with Crippen molar-refractivity contribution in [2.45, 2.75) is 38.3 Å². The van der Waals surface area contributed by atoms with Crippen molar-refractivity contribution in [3.05, 3.63) is 30.1 Å². The Balaban J connectivity index is 2.00. The maximum Gasteiger partial charge on any atom is 0.320 e.